The highest BCUT2D eigenvalue weighted by atomic mass is 19.1. The summed E-state index contributed by atoms with van der Waals surface area (Å²) < 4.78 is 16.5. The van der Waals surface area contributed by atoms with Gasteiger partial charge in [0.2, 0.25) is 5.43 Å². The van der Waals surface area contributed by atoms with E-state index in [-0.39, 0.29) is 28.9 Å². The molecule has 2 aromatic heterocycles. The predicted octanol–water partition coefficient (Wildman–Crippen LogP) is 1.35. The Bertz CT molecular complexity index is 1000. The molecule has 3 N–H and O–H groups in total. The van der Waals surface area contributed by atoms with E-state index in [0.717, 1.165) is 25.3 Å². The average molecular weight is 358 g/mol. The monoisotopic (exact) mass is 358 g/mol. The summed E-state index contributed by atoms with van der Waals surface area (Å²) in [7, 11) is 0. The van der Waals surface area contributed by atoms with Crippen LogP contribution >= 0.6 is 0 Å². The van der Waals surface area contributed by atoms with E-state index in [2.05, 4.69) is 4.98 Å². The van der Waals surface area contributed by atoms with Gasteiger partial charge in [0.05, 0.1) is 5.39 Å². The molecule has 0 radical (unpaired) electrons. The number of carboxylic acids is 1. The highest BCUT2D eigenvalue weighted by Gasteiger charge is 2.47. The molecule has 1 aliphatic heterocycles. The van der Waals surface area contributed by atoms with Gasteiger partial charge in [-0.1, -0.05) is 0 Å². The SMILES string of the molecule is N[C@@H]1CN(c2nc3c(cc2F)c(=O)c(C(=O)O)cn3C2CC2)C[C@H]2C[C@H]21. The van der Waals surface area contributed by atoms with Gasteiger partial charge in [0.1, 0.15) is 11.2 Å². The van der Waals surface area contributed by atoms with Crippen molar-refractivity contribution < 1.29 is 14.3 Å². The Hall–Kier alpha value is -2.48. The number of nitrogens with two attached hydrogens (primary N) is 1. The van der Waals surface area contributed by atoms with Gasteiger partial charge in [-0.3, -0.25) is 4.79 Å². The average Bonchev–Trinajstić information content (AvgIpc) is 3.48. The van der Waals surface area contributed by atoms with E-state index in [9.17, 15) is 19.1 Å². The highest BCUT2D eigenvalue weighted by Crippen LogP contribution is 2.45. The molecule has 3 atom stereocenters. The van der Waals surface area contributed by atoms with E-state index >= 15 is 0 Å². The number of carbonyl (C=O) groups is 1. The normalized spacial score (nSPS) is 27.5. The lowest BCUT2D eigenvalue weighted by Crippen LogP contribution is -2.45. The van der Waals surface area contributed by atoms with E-state index in [4.69, 9.17) is 5.73 Å². The first-order chi connectivity index (χ1) is 12.4. The third kappa shape index (κ3) is 2.32. The Labute approximate surface area is 148 Å². The number of pyridine rings is 2. The molecule has 1 saturated heterocycles. The van der Waals surface area contributed by atoms with Gasteiger partial charge in [0.15, 0.2) is 11.6 Å². The largest absolute Gasteiger partial charge is 0.477 e. The molecular weight excluding hydrogens is 339 g/mol. The van der Waals surface area contributed by atoms with Crippen LogP contribution in [0.3, 0.4) is 0 Å². The third-order valence-electron chi connectivity index (χ3n) is 5.82. The van der Waals surface area contributed by atoms with Crippen LogP contribution < -0.4 is 16.1 Å². The minimum atomic E-state index is -1.31. The van der Waals surface area contributed by atoms with Gasteiger partial charge in [-0.05, 0) is 37.2 Å². The molecule has 0 bridgehead atoms. The number of aromatic carboxylic acids is 1. The number of anilines is 1. The summed E-state index contributed by atoms with van der Waals surface area (Å²) in [6.45, 7) is 1.26. The van der Waals surface area contributed by atoms with Crippen molar-refractivity contribution in [1.82, 2.24) is 9.55 Å². The first-order valence-corrected chi connectivity index (χ1v) is 8.93. The summed E-state index contributed by atoms with van der Waals surface area (Å²) in [5.41, 5.74) is 5.47. The zero-order chi connectivity index (χ0) is 18.2. The van der Waals surface area contributed by atoms with Crippen LogP contribution in [0.4, 0.5) is 10.2 Å². The van der Waals surface area contributed by atoms with Crippen LogP contribution in [-0.4, -0.2) is 39.8 Å². The molecule has 0 aromatic carbocycles. The first kappa shape index (κ1) is 15.7. The molecule has 136 valence electrons. The second kappa shape index (κ2) is 5.26. The van der Waals surface area contributed by atoms with Crippen molar-refractivity contribution in [3.05, 3.63) is 33.9 Å². The summed E-state index contributed by atoms with van der Waals surface area (Å²) >= 11 is 0. The highest BCUT2D eigenvalue weighted by molar-refractivity contribution is 5.92. The molecule has 26 heavy (non-hydrogen) atoms. The van der Waals surface area contributed by atoms with Crippen molar-refractivity contribution in [3.63, 3.8) is 0 Å². The lowest BCUT2D eigenvalue weighted by Gasteiger charge is -2.31. The van der Waals surface area contributed by atoms with Crippen molar-refractivity contribution in [2.75, 3.05) is 18.0 Å². The smallest absolute Gasteiger partial charge is 0.341 e. The molecule has 0 amide bonds. The zero-order valence-corrected chi connectivity index (χ0v) is 14.1. The quantitative estimate of drug-likeness (QED) is 0.859. The molecule has 2 saturated carbocycles. The van der Waals surface area contributed by atoms with Crippen LogP contribution in [0.2, 0.25) is 0 Å². The molecular formula is C18H19FN4O3. The number of fused-ring (bicyclic) bond motifs is 2. The fourth-order valence-electron chi connectivity index (χ4n) is 4.17. The Balaban J connectivity index is 1.68. The van der Waals surface area contributed by atoms with E-state index in [1.807, 2.05) is 4.90 Å². The molecule has 2 aliphatic carbocycles. The van der Waals surface area contributed by atoms with Crippen molar-refractivity contribution in [2.24, 2.45) is 17.6 Å². The molecule has 3 aliphatic rings. The number of hydrogen-bond donors (Lipinski definition) is 2. The Kier molecular flexibility index (Phi) is 3.19. The molecule has 3 heterocycles. The Morgan fingerprint density at radius 2 is 2.12 bits per heavy atom. The summed E-state index contributed by atoms with van der Waals surface area (Å²) in [6, 6.07) is 1.25. The van der Waals surface area contributed by atoms with E-state index in [1.165, 1.54) is 6.20 Å². The van der Waals surface area contributed by atoms with Crippen molar-refractivity contribution in [1.29, 1.82) is 0 Å². The fraction of sp³-hybridized carbons (Fsp3) is 0.500. The Morgan fingerprint density at radius 3 is 2.77 bits per heavy atom. The Morgan fingerprint density at radius 1 is 1.35 bits per heavy atom. The summed E-state index contributed by atoms with van der Waals surface area (Å²) in [6.07, 6.45) is 4.20. The lowest BCUT2D eigenvalue weighted by molar-refractivity contribution is 0.0695. The van der Waals surface area contributed by atoms with Crippen LogP contribution in [0.5, 0.6) is 0 Å². The number of carboxylic acid groups (broad SMARTS) is 1. The first-order valence-electron chi connectivity index (χ1n) is 8.93. The summed E-state index contributed by atoms with van der Waals surface area (Å²) in [5.74, 6) is -0.702. The van der Waals surface area contributed by atoms with Crippen LogP contribution in [0.25, 0.3) is 11.0 Å². The number of rotatable bonds is 3. The van der Waals surface area contributed by atoms with Crippen LogP contribution in [0, 0.1) is 17.7 Å². The molecule has 5 rings (SSSR count). The molecule has 3 fully saturated rings. The second-order valence-electron chi connectivity index (χ2n) is 7.71. The van der Waals surface area contributed by atoms with Gasteiger partial charge in [-0.15, -0.1) is 0 Å². The number of hydrogen-bond acceptors (Lipinski definition) is 5. The molecule has 0 unspecified atom stereocenters. The van der Waals surface area contributed by atoms with Gasteiger partial charge in [-0.2, -0.15) is 0 Å². The van der Waals surface area contributed by atoms with Crippen LogP contribution in [0.15, 0.2) is 17.1 Å². The number of halogens is 1. The molecule has 8 heteroatoms. The van der Waals surface area contributed by atoms with Gasteiger partial charge in [-0.25, -0.2) is 14.2 Å². The van der Waals surface area contributed by atoms with E-state index < -0.39 is 17.2 Å². The van der Waals surface area contributed by atoms with E-state index in [1.54, 1.807) is 4.57 Å². The van der Waals surface area contributed by atoms with Gasteiger partial charge in [0, 0.05) is 31.4 Å². The lowest BCUT2D eigenvalue weighted by atomic mass is 10.1. The minimum Gasteiger partial charge on any atom is -0.477 e. The third-order valence-corrected chi connectivity index (χ3v) is 5.82. The van der Waals surface area contributed by atoms with Crippen molar-refractivity contribution >= 4 is 22.8 Å². The minimum absolute atomic E-state index is 0.00524. The second-order valence-corrected chi connectivity index (χ2v) is 7.71. The van der Waals surface area contributed by atoms with Gasteiger partial charge in [0.25, 0.3) is 0 Å². The number of piperidine rings is 1. The van der Waals surface area contributed by atoms with Crippen LogP contribution in [0.1, 0.15) is 35.7 Å². The fourth-order valence-corrected chi connectivity index (χ4v) is 4.17. The maximum Gasteiger partial charge on any atom is 0.341 e. The van der Waals surface area contributed by atoms with Crippen LogP contribution in [-0.2, 0) is 0 Å². The predicted molar refractivity (Wildman–Crippen MR) is 93.0 cm³/mol. The standard InChI is InChI=1S/C18H19FN4O3/c19-13-4-11-15(24)12(18(25)26)6-23(9-1-2-9)16(11)21-17(13)22-5-8-3-10(8)14(20)7-22/h4,6,8-10,14H,1-3,5,7,20H2,(H,25,26)/t8-,10-,14-/m1/s1. The molecule has 2 aromatic rings. The van der Waals surface area contributed by atoms with Gasteiger partial charge < -0.3 is 20.3 Å². The van der Waals surface area contributed by atoms with Gasteiger partial charge >= 0.3 is 5.97 Å². The van der Waals surface area contributed by atoms with E-state index in [0.29, 0.717) is 30.6 Å². The summed E-state index contributed by atoms with van der Waals surface area (Å²) in [4.78, 5) is 30.2. The molecule has 0 spiro atoms. The zero-order valence-electron chi connectivity index (χ0n) is 14.1. The maximum absolute atomic E-state index is 14.8. The molecule has 7 nitrogen and oxygen atoms in total. The summed E-state index contributed by atoms with van der Waals surface area (Å²) in [5, 5.41) is 9.31. The topological polar surface area (TPSA) is 101 Å². The van der Waals surface area contributed by atoms with Crippen molar-refractivity contribution in [3.8, 4) is 0 Å². The van der Waals surface area contributed by atoms with Crippen molar-refractivity contribution in [2.45, 2.75) is 31.3 Å². The number of aromatic nitrogens is 2. The number of nitrogens with zero attached hydrogens (tertiary/aromatic N) is 3. The maximum atomic E-state index is 14.8.